The minimum Gasteiger partial charge on any atom is -0.461 e. The molecule has 0 unspecified atom stereocenters. The van der Waals surface area contributed by atoms with Gasteiger partial charge in [-0.15, -0.1) is 0 Å². The van der Waals surface area contributed by atoms with E-state index in [-0.39, 0.29) is 5.84 Å². The highest BCUT2D eigenvalue weighted by Crippen LogP contribution is 2.24. The molecule has 0 fully saturated rings. The molecule has 0 amide bonds. The smallest absolute Gasteiger partial charge is 0.173 e. The monoisotopic (exact) mass is 216 g/mol. The van der Waals surface area contributed by atoms with Crippen LogP contribution in [0.5, 0.6) is 0 Å². The maximum Gasteiger partial charge on any atom is 0.173 e. The summed E-state index contributed by atoms with van der Waals surface area (Å²) in [6, 6.07) is 11.4. The predicted molar refractivity (Wildman–Crippen MR) is 61.4 cm³/mol. The number of nitrogens with zero attached hydrogens (tertiary/aromatic N) is 1. The van der Waals surface area contributed by atoms with Crippen molar-refractivity contribution in [3.63, 3.8) is 0 Å². The average Bonchev–Trinajstić information content (AvgIpc) is 2.71. The van der Waals surface area contributed by atoms with E-state index < -0.39 is 0 Å². The Kier molecular flexibility index (Phi) is 2.64. The van der Waals surface area contributed by atoms with E-state index in [4.69, 9.17) is 15.4 Å². The summed E-state index contributed by atoms with van der Waals surface area (Å²) in [5.41, 5.74) is 7.10. The van der Waals surface area contributed by atoms with Gasteiger partial charge in [-0.05, 0) is 13.0 Å². The Morgan fingerprint density at radius 1 is 1.31 bits per heavy atom. The van der Waals surface area contributed by atoms with Gasteiger partial charge in [-0.3, -0.25) is 0 Å². The molecule has 0 saturated heterocycles. The quantitative estimate of drug-likeness (QED) is 0.350. The topological polar surface area (TPSA) is 71.8 Å². The average molecular weight is 216 g/mol. The third-order valence-electron chi connectivity index (χ3n) is 2.36. The molecule has 0 spiro atoms. The molecule has 0 saturated carbocycles. The summed E-state index contributed by atoms with van der Waals surface area (Å²) >= 11 is 0. The molecule has 2 rings (SSSR count). The number of hydrogen-bond donors (Lipinski definition) is 2. The first-order valence-corrected chi connectivity index (χ1v) is 4.86. The van der Waals surface area contributed by atoms with E-state index in [1.54, 1.807) is 13.0 Å². The fourth-order valence-electron chi connectivity index (χ4n) is 1.53. The van der Waals surface area contributed by atoms with Crippen molar-refractivity contribution < 1.29 is 9.62 Å². The second-order valence-corrected chi connectivity index (χ2v) is 3.43. The number of amidine groups is 1. The van der Waals surface area contributed by atoms with Crippen LogP contribution in [0.25, 0.3) is 11.3 Å². The van der Waals surface area contributed by atoms with Gasteiger partial charge in [-0.1, -0.05) is 35.5 Å². The number of furan rings is 1. The Morgan fingerprint density at radius 2 is 2.00 bits per heavy atom. The number of rotatable bonds is 2. The van der Waals surface area contributed by atoms with Crippen LogP contribution >= 0.6 is 0 Å². The molecule has 0 radical (unpaired) electrons. The van der Waals surface area contributed by atoms with Crippen LogP contribution in [0.15, 0.2) is 46.0 Å². The van der Waals surface area contributed by atoms with E-state index in [9.17, 15) is 0 Å². The zero-order chi connectivity index (χ0) is 11.5. The SMILES string of the molecule is Cc1oc(-c2ccccc2)cc1/C(N)=N/O. The Bertz CT molecular complexity index is 515. The van der Waals surface area contributed by atoms with Gasteiger partial charge in [0.05, 0.1) is 5.56 Å². The van der Waals surface area contributed by atoms with Crippen molar-refractivity contribution in [1.82, 2.24) is 0 Å². The predicted octanol–water partition coefficient (Wildman–Crippen LogP) is 2.35. The van der Waals surface area contributed by atoms with Gasteiger partial charge in [0.25, 0.3) is 0 Å². The maximum absolute atomic E-state index is 8.61. The fraction of sp³-hybridized carbons (Fsp3) is 0.0833. The molecule has 16 heavy (non-hydrogen) atoms. The Balaban J connectivity index is 2.46. The number of benzene rings is 1. The number of nitrogens with two attached hydrogens (primary N) is 1. The van der Waals surface area contributed by atoms with Gasteiger partial charge < -0.3 is 15.4 Å². The molecule has 1 aromatic carbocycles. The zero-order valence-corrected chi connectivity index (χ0v) is 8.84. The summed E-state index contributed by atoms with van der Waals surface area (Å²) in [5, 5.41) is 11.6. The highest BCUT2D eigenvalue weighted by Gasteiger charge is 2.12. The second kappa shape index (κ2) is 4.10. The third kappa shape index (κ3) is 1.77. The van der Waals surface area contributed by atoms with E-state index in [0.29, 0.717) is 17.1 Å². The van der Waals surface area contributed by atoms with Gasteiger partial charge in [0.1, 0.15) is 11.5 Å². The van der Waals surface area contributed by atoms with E-state index in [2.05, 4.69) is 5.16 Å². The lowest BCUT2D eigenvalue weighted by atomic mass is 10.1. The van der Waals surface area contributed by atoms with Gasteiger partial charge in [0.15, 0.2) is 5.84 Å². The van der Waals surface area contributed by atoms with Crippen molar-refractivity contribution in [3.8, 4) is 11.3 Å². The lowest BCUT2D eigenvalue weighted by Gasteiger charge is -1.93. The molecular formula is C12H12N2O2. The Morgan fingerprint density at radius 3 is 2.62 bits per heavy atom. The lowest BCUT2D eigenvalue weighted by molar-refractivity contribution is 0.318. The summed E-state index contributed by atoms with van der Waals surface area (Å²) in [6.07, 6.45) is 0. The fourth-order valence-corrected chi connectivity index (χ4v) is 1.53. The molecule has 0 aliphatic carbocycles. The molecule has 0 aliphatic heterocycles. The van der Waals surface area contributed by atoms with Crippen LogP contribution in [0.2, 0.25) is 0 Å². The van der Waals surface area contributed by atoms with Crippen LogP contribution in [-0.2, 0) is 0 Å². The van der Waals surface area contributed by atoms with Gasteiger partial charge >= 0.3 is 0 Å². The van der Waals surface area contributed by atoms with Gasteiger partial charge in [-0.25, -0.2) is 0 Å². The van der Waals surface area contributed by atoms with Crippen LogP contribution in [0.3, 0.4) is 0 Å². The van der Waals surface area contributed by atoms with E-state index in [1.807, 2.05) is 30.3 Å². The molecule has 2 aromatic rings. The highest BCUT2D eigenvalue weighted by atomic mass is 16.4. The Labute approximate surface area is 93.0 Å². The molecule has 0 aliphatic rings. The van der Waals surface area contributed by atoms with Crippen molar-refractivity contribution in [3.05, 3.63) is 47.7 Å². The minimum absolute atomic E-state index is 0.0587. The summed E-state index contributed by atoms with van der Waals surface area (Å²) in [5.74, 6) is 1.40. The van der Waals surface area contributed by atoms with E-state index >= 15 is 0 Å². The molecule has 3 N–H and O–H groups in total. The van der Waals surface area contributed by atoms with Crippen molar-refractivity contribution in [1.29, 1.82) is 0 Å². The van der Waals surface area contributed by atoms with Gasteiger partial charge in [-0.2, -0.15) is 0 Å². The molecule has 0 atom stereocenters. The minimum atomic E-state index is 0.0587. The van der Waals surface area contributed by atoms with Crippen molar-refractivity contribution in [2.75, 3.05) is 0 Å². The first-order valence-electron chi connectivity index (χ1n) is 4.86. The molecule has 82 valence electrons. The first-order chi connectivity index (χ1) is 7.72. The van der Waals surface area contributed by atoms with Crippen molar-refractivity contribution >= 4 is 5.84 Å². The number of hydrogen-bond acceptors (Lipinski definition) is 3. The molecule has 1 heterocycles. The van der Waals surface area contributed by atoms with Crippen molar-refractivity contribution in [2.24, 2.45) is 10.9 Å². The van der Waals surface area contributed by atoms with E-state index in [1.165, 1.54) is 0 Å². The highest BCUT2D eigenvalue weighted by molar-refractivity contribution is 5.98. The lowest BCUT2D eigenvalue weighted by Crippen LogP contribution is -2.12. The molecular weight excluding hydrogens is 204 g/mol. The van der Waals surface area contributed by atoms with Gasteiger partial charge in [0, 0.05) is 5.56 Å². The summed E-state index contributed by atoms with van der Waals surface area (Å²) in [6.45, 7) is 1.78. The van der Waals surface area contributed by atoms with Crippen LogP contribution in [0.1, 0.15) is 11.3 Å². The largest absolute Gasteiger partial charge is 0.461 e. The number of aryl methyl sites for hydroxylation is 1. The third-order valence-corrected chi connectivity index (χ3v) is 2.36. The van der Waals surface area contributed by atoms with Crippen LogP contribution < -0.4 is 5.73 Å². The normalized spacial score (nSPS) is 11.7. The first kappa shape index (κ1) is 10.3. The summed E-state index contributed by atoms with van der Waals surface area (Å²) in [7, 11) is 0. The standard InChI is InChI=1S/C12H12N2O2/c1-8-10(12(13)14-15)7-11(16-8)9-5-3-2-4-6-9/h2-7,15H,1H3,(H2,13,14). The molecule has 1 aromatic heterocycles. The number of oxime groups is 1. The Hall–Kier alpha value is -2.23. The van der Waals surface area contributed by atoms with Crippen molar-refractivity contribution in [2.45, 2.75) is 6.92 Å². The van der Waals surface area contributed by atoms with E-state index in [0.717, 1.165) is 5.56 Å². The van der Waals surface area contributed by atoms with Crippen LogP contribution in [0.4, 0.5) is 0 Å². The summed E-state index contributed by atoms with van der Waals surface area (Å²) < 4.78 is 5.55. The van der Waals surface area contributed by atoms with Crippen LogP contribution in [0, 0.1) is 6.92 Å². The second-order valence-electron chi connectivity index (χ2n) is 3.43. The van der Waals surface area contributed by atoms with Gasteiger partial charge in [0.2, 0.25) is 0 Å². The molecule has 4 heteroatoms. The maximum atomic E-state index is 8.61. The molecule has 0 bridgehead atoms. The molecule has 4 nitrogen and oxygen atoms in total. The zero-order valence-electron chi connectivity index (χ0n) is 8.84. The summed E-state index contributed by atoms with van der Waals surface area (Å²) in [4.78, 5) is 0. The van der Waals surface area contributed by atoms with Crippen LogP contribution in [-0.4, -0.2) is 11.0 Å².